The highest BCUT2D eigenvalue weighted by atomic mass is 16.5. The molecule has 3 aromatic rings. The molecule has 0 atom stereocenters. The van der Waals surface area contributed by atoms with E-state index in [1.165, 1.54) is 7.11 Å². The number of rotatable bonds is 6. The van der Waals surface area contributed by atoms with Crippen molar-refractivity contribution in [3.63, 3.8) is 0 Å². The predicted octanol–water partition coefficient (Wildman–Crippen LogP) is 3.55. The molecule has 1 heterocycles. The van der Waals surface area contributed by atoms with E-state index in [2.05, 4.69) is 25.3 Å². The van der Waals surface area contributed by atoms with Gasteiger partial charge in [-0.1, -0.05) is 18.2 Å². The van der Waals surface area contributed by atoms with Crippen LogP contribution < -0.4 is 10.6 Å². The fraction of sp³-hybridized carbons (Fsp3) is 0.182. The molecule has 0 aliphatic carbocycles. The molecule has 0 saturated carbocycles. The number of esters is 1. The van der Waals surface area contributed by atoms with Crippen LogP contribution in [0.15, 0.2) is 54.6 Å². The van der Waals surface area contributed by atoms with Gasteiger partial charge in [-0.3, -0.25) is 4.79 Å². The molecule has 3 rings (SSSR count). The van der Waals surface area contributed by atoms with Crippen molar-refractivity contribution in [1.29, 1.82) is 0 Å². The number of anilines is 2. The summed E-state index contributed by atoms with van der Waals surface area (Å²) in [7, 11) is 1.34. The lowest BCUT2D eigenvalue weighted by Crippen LogP contribution is -2.22. The lowest BCUT2D eigenvalue weighted by atomic mass is 10.1. The molecule has 1 amide bonds. The largest absolute Gasteiger partial charge is 0.465 e. The van der Waals surface area contributed by atoms with Crippen molar-refractivity contribution in [2.24, 2.45) is 0 Å². The Bertz CT molecular complexity index is 1010. The number of methoxy groups -OCH3 is 1. The van der Waals surface area contributed by atoms with Gasteiger partial charge < -0.3 is 15.4 Å². The number of aryl methyl sites for hydroxylation is 2. The van der Waals surface area contributed by atoms with Crippen LogP contribution in [0.1, 0.15) is 37.7 Å². The standard InChI is InChI=1S/C22H22N4O3/c1-14-11-15(2)25-22(24-14)26-19-6-4-5-18(12-19)20(27)23-13-16-7-9-17(10-8-16)21(28)29-3/h4-12H,13H2,1-3H3,(H,23,27)(H,24,25,26). The van der Waals surface area contributed by atoms with E-state index < -0.39 is 5.97 Å². The maximum absolute atomic E-state index is 12.5. The number of hydrogen-bond acceptors (Lipinski definition) is 6. The minimum absolute atomic E-state index is 0.202. The number of hydrogen-bond donors (Lipinski definition) is 2. The first-order chi connectivity index (χ1) is 13.9. The van der Waals surface area contributed by atoms with Crippen molar-refractivity contribution in [2.75, 3.05) is 12.4 Å². The number of ether oxygens (including phenoxy) is 1. The van der Waals surface area contributed by atoms with E-state index in [0.29, 0.717) is 23.6 Å². The van der Waals surface area contributed by atoms with Crippen LogP contribution in [-0.4, -0.2) is 29.0 Å². The van der Waals surface area contributed by atoms with Gasteiger partial charge in [0.1, 0.15) is 0 Å². The lowest BCUT2D eigenvalue weighted by Gasteiger charge is -2.09. The summed E-state index contributed by atoms with van der Waals surface area (Å²) in [6.45, 7) is 4.15. The number of nitrogens with one attached hydrogen (secondary N) is 2. The lowest BCUT2D eigenvalue weighted by molar-refractivity contribution is 0.0600. The number of aromatic nitrogens is 2. The first-order valence-corrected chi connectivity index (χ1v) is 9.09. The highest BCUT2D eigenvalue weighted by Crippen LogP contribution is 2.16. The van der Waals surface area contributed by atoms with Crippen LogP contribution >= 0.6 is 0 Å². The summed E-state index contributed by atoms with van der Waals surface area (Å²) in [6, 6.07) is 15.9. The summed E-state index contributed by atoms with van der Waals surface area (Å²) in [5.74, 6) is -0.101. The number of carbonyl (C=O) groups excluding carboxylic acids is 2. The van der Waals surface area contributed by atoms with Gasteiger partial charge in [0.25, 0.3) is 5.91 Å². The van der Waals surface area contributed by atoms with Crippen molar-refractivity contribution in [2.45, 2.75) is 20.4 Å². The minimum atomic E-state index is -0.391. The second kappa shape index (κ2) is 8.97. The molecule has 2 N–H and O–H groups in total. The first kappa shape index (κ1) is 20.0. The van der Waals surface area contributed by atoms with Crippen LogP contribution in [0.25, 0.3) is 0 Å². The molecular formula is C22H22N4O3. The fourth-order valence-electron chi connectivity index (χ4n) is 2.81. The molecule has 0 spiro atoms. The Morgan fingerprint density at radius 3 is 2.28 bits per heavy atom. The highest BCUT2D eigenvalue weighted by molar-refractivity contribution is 5.95. The molecule has 1 aromatic heterocycles. The Kier molecular flexibility index (Phi) is 6.19. The summed E-state index contributed by atoms with van der Waals surface area (Å²) >= 11 is 0. The monoisotopic (exact) mass is 390 g/mol. The summed E-state index contributed by atoms with van der Waals surface area (Å²) in [6.07, 6.45) is 0. The van der Waals surface area contributed by atoms with E-state index in [4.69, 9.17) is 0 Å². The van der Waals surface area contributed by atoms with Crippen molar-refractivity contribution in [3.05, 3.63) is 82.7 Å². The van der Waals surface area contributed by atoms with Gasteiger partial charge in [-0.05, 0) is 55.8 Å². The number of nitrogens with zero attached hydrogens (tertiary/aromatic N) is 2. The molecule has 29 heavy (non-hydrogen) atoms. The SMILES string of the molecule is COC(=O)c1ccc(CNC(=O)c2cccc(Nc3nc(C)cc(C)n3)c2)cc1. The van der Waals surface area contributed by atoms with Crippen molar-refractivity contribution < 1.29 is 14.3 Å². The summed E-state index contributed by atoms with van der Waals surface area (Å²) in [5.41, 5.74) is 4.33. The van der Waals surface area contributed by atoms with Gasteiger partial charge in [0.2, 0.25) is 5.95 Å². The van der Waals surface area contributed by atoms with Crippen LogP contribution in [0, 0.1) is 13.8 Å². The second-order valence-corrected chi connectivity index (χ2v) is 6.55. The molecule has 0 radical (unpaired) electrons. The number of amides is 1. The molecule has 0 fully saturated rings. The van der Waals surface area contributed by atoms with E-state index in [0.717, 1.165) is 22.6 Å². The average molecular weight is 390 g/mol. The molecule has 0 aliphatic rings. The van der Waals surface area contributed by atoms with E-state index in [-0.39, 0.29) is 5.91 Å². The smallest absolute Gasteiger partial charge is 0.337 e. The predicted molar refractivity (Wildman–Crippen MR) is 110 cm³/mol. The third-order valence-electron chi connectivity index (χ3n) is 4.19. The zero-order valence-corrected chi connectivity index (χ0v) is 16.5. The average Bonchev–Trinajstić information content (AvgIpc) is 2.71. The van der Waals surface area contributed by atoms with Gasteiger partial charge in [0.05, 0.1) is 12.7 Å². The van der Waals surface area contributed by atoms with Crippen molar-refractivity contribution in [3.8, 4) is 0 Å². The molecular weight excluding hydrogens is 368 g/mol. The van der Waals surface area contributed by atoms with Gasteiger partial charge >= 0.3 is 5.97 Å². The minimum Gasteiger partial charge on any atom is -0.465 e. The maximum Gasteiger partial charge on any atom is 0.337 e. The van der Waals surface area contributed by atoms with Crippen LogP contribution in [0.2, 0.25) is 0 Å². The van der Waals surface area contributed by atoms with Crippen LogP contribution in [-0.2, 0) is 11.3 Å². The summed E-state index contributed by atoms with van der Waals surface area (Å²) < 4.78 is 4.68. The Morgan fingerprint density at radius 1 is 0.931 bits per heavy atom. The van der Waals surface area contributed by atoms with Gasteiger partial charge in [-0.15, -0.1) is 0 Å². The third kappa shape index (κ3) is 5.38. The van der Waals surface area contributed by atoms with Crippen LogP contribution in [0.3, 0.4) is 0 Å². The van der Waals surface area contributed by atoms with Gasteiger partial charge in [-0.25, -0.2) is 14.8 Å². The Balaban J connectivity index is 1.64. The maximum atomic E-state index is 12.5. The van der Waals surface area contributed by atoms with Crippen LogP contribution in [0.5, 0.6) is 0 Å². The molecule has 0 saturated heterocycles. The normalized spacial score (nSPS) is 10.3. The van der Waals surface area contributed by atoms with E-state index in [1.807, 2.05) is 26.0 Å². The molecule has 2 aromatic carbocycles. The molecule has 0 aliphatic heterocycles. The second-order valence-electron chi connectivity index (χ2n) is 6.55. The fourth-order valence-corrected chi connectivity index (χ4v) is 2.81. The Hall–Kier alpha value is -3.74. The van der Waals surface area contributed by atoms with Crippen molar-refractivity contribution in [1.82, 2.24) is 15.3 Å². The van der Waals surface area contributed by atoms with E-state index in [9.17, 15) is 9.59 Å². The molecule has 148 valence electrons. The van der Waals surface area contributed by atoms with Gasteiger partial charge in [-0.2, -0.15) is 0 Å². The van der Waals surface area contributed by atoms with Crippen molar-refractivity contribution >= 4 is 23.5 Å². The topological polar surface area (TPSA) is 93.2 Å². The zero-order chi connectivity index (χ0) is 20.8. The van der Waals surface area contributed by atoms with Gasteiger partial charge in [0, 0.05) is 29.2 Å². The van der Waals surface area contributed by atoms with Gasteiger partial charge in [0.15, 0.2) is 0 Å². The quantitative estimate of drug-likeness (QED) is 0.625. The number of carbonyl (C=O) groups is 2. The van der Waals surface area contributed by atoms with E-state index in [1.54, 1.807) is 42.5 Å². The molecule has 7 nitrogen and oxygen atoms in total. The first-order valence-electron chi connectivity index (χ1n) is 9.09. The Morgan fingerprint density at radius 2 is 1.62 bits per heavy atom. The van der Waals surface area contributed by atoms with E-state index >= 15 is 0 Å². The molecule has 0 unspecified atom stereocenters. The summed E-state index contributed by atoms with van der Waals surface area (Å²) in [5, 5.41) is 6.00. The number of benzene rings is 2. The molecule has 7 heteroatoms. The third-order valence-corrected chi connectivity index (χ3v) is 4.19. The zero-order valence-electron chi connectivity index (χ0n) is 16.5. The molecule has 0 bridgehead atoms. The highest BCUT2D eigenvalue weighted by Gasteiger charge is 2.09. The van der Waals surface area contributed by atoms with Crippen LogP contribution in [0.4, 0.5) is 11.6 Å². The summed E-state index contributed by atoms with van der Waals surface area (Å²) in [4.78, 5) is 32.7. The Labute approximate surface area is 169 Å².